The molecular formula is C15H28O3. The van der Waals surface area contributed by atoms with Gasteiger partial charge in [0.15, 0.2) is 0 Å². The van der Waals surface area contributed by atoms with E-state index in [4.69, 9.17) is 9.47 Å². The Morgan fingerprint density at radius 3 is 2.39 bits per heavy atom. The minimum atomic E-state index is -0.391. The second-order valence-electron chi connectivity index (χ2n) is 6.40. The zero-order chi connectivity index (χ0) is 13.6. The fourth-order valence-electron chi connectivity index (χ4n) is 2.63. The number of hydrogen-bond donors (Lipinski definition) is 0. The lowest BCUT2D eigenvalue weighted by atomic mass is 9.91. The summed E-state index contributed by atoms with van der Waals surface area (Å²) in [4.78, 5) is 12.2. The van der Waals surface area contributed by atoms with Crippen LogP contribution in [0.2, 0.25) is 0 Å². The fraction of sp³-hybridized carbons (Fsp3) is 0.933. The van der Waals surface area contributed by atoms with Crippen molar-refractivity contribution in [3.8, 4) is 0 Å². The van der Waals surface area contributed by atoms with E-state index in [-0.39, 0.29) is 11.9 Å². The summed E-state index contributed by atoms with van der Waals surface area (Å²) in [5.41, 5.74) is -0.391. The van der Waals surface area contributed by atoms with Crippen molar-refractivity contribution in [1.29, 1.82) is 0 Å². The topological polar surface area (TPSA) is 35.5 Å². The van der Waals surface area contributed by atoms with Gasteiger partial charge in [0.25, 0.3) is 0 Å². The molecule has 0 radical (unpaired) electrons. The van der Waals surface area contributed by atoms with Crippen molar-refractivity contribution < 1.29 is 14.3 Å². The number of carbonyl (C=O) groups is 1. The molecule has 3 heteroatoms. The molecule has 0 amide bonds. The van der Waals surface area contributed by atoms with E-state index < -0.39 is 5.60 Å². The Balaban J connectivity index is 2.50. The summed E-state index contributed by atoms with van der Waals surface area (Å²) < 4.78 is 10.6. The highest BCUT2D eigenvalue weighted by atomic mass is 16.6. The van der Waals surface area contributed by atoms with Crippen LogP contribution in [-0.4, -0.2) is 25.3 Å². The Morgan fingerprint density at radius 2 is 1.89 bits per heavy atom. The summed E-state index contributed by atoms with van der Waals surface area (Å²) in [6.07, 6.45) is 6.92. The summed E-state index contributed by atoms with van der Waals surface area (Å²) in [6, 6.07) is 0. The first kappa shape index (κ1) is 15.5. The second-order valence-corrected chi connectivity index (χ2v) is 6.40. The molecule has 0 aromatic rings. The minimum Gasteiger partial charge on any atom is -0.460 e. The molecule has 18 heavy (non-hydrogen) atoms. The van der Waals surface area contributed by atoms with Gasteiger partial charge in [-0.15, -0.1) is 0 Å². The predicted octanol–water partition coefficient (Wildman–Crippen LogP) is 3.56. The van der Waals surface area contributed by atoms with Crippen LogP contribution in [0.5, 0.6) is 0 Å². The molecule has 0 bridgehead atoms. The number of ether oxygens (including phenoxy) is 2. The molecule has 0 aromatic carbocycles. The summed E-state index contributed by atoms with van der Waals surface area (Å²) in [5, 5.41) is 0. The summed E-state index contributed by atoms with van der Waals surface area (Å²) >= 11 is 0. The fourth-order valence-corrected chi connectivity index (χ4v) is 2.63. The van der Waals surface area contributed by atoms with Crippen LogP contribution in [-0.2, 0) is 14.3 Å². The van der Waals surface area contributed by atoms with Gasteiger partial charge in [0.05, 0.1) is 5.92 Å². The van der Waals surface area contributed by atoms with Gasteiger partial charge in [-0.25, -0.2) is 0 Å². The van der Waals surface area contributed by atoms with E-state index in [1.54, 1.807) is 7.11 Å². The molecule has 0 heterocycles. The van der Waals surface area contributed by atoms with Gasteiger partial charge in [0, 0.05) is 13.7 Å². The van der Waals surface area contributed by atoms with Crippen LogP contribution in [0.15, 0.2) is 0 Å². The van der Waals surface area contributed by atoms with Crippen LogP contribution in [0.4, 0.5) is 0 Å². The van der Waals surface area contributed by atoms with Crippen molar-refractivity contribution >= 4 is 5.97 Å². The van der Waals surface area contributed by atoms with Crippen LogP contribution in [0.25, 0.3) is 0 Å². The van der Waals surface area contributed by atoms with Crippen molar-refractivity contribution in [3.63, 3.8) is 0 Å². The van der Waals surface area contributed by atoms with Gasteiger partial charge in [0.2, 0.25) is 0 Å². The smallest absolute Gasteiger partial charge is 0.309 e. The molecule has 1 unspecified atom stereocenters. The highest BCUT2D eigenvalue weighted by Crippen LogP contribution is 2.32. The Kier molecular flexibility index (Phi) is 6.13. The molecule has 1 aliphatic rings. The molecule has 1 rings (SSSR count). The lowest BCUT2D eigenvalue weighted by Crippen LogP contribution is -2.30. The molecule has 0 aromatic heterocycles. The molecule has 0 aliphatic heterocycles. The predicted molar refractivity (Wildman–Crippen MR) is 72.4 cm³/mol. The molecular weight excluding hydrogens is 228 g/mol. The Bertz CT molecular complexity index is 249. The van der Waals surface area contributed by atoms with Crippen LogP contribution in [0.3, 0.4) is 0 Å². The molecule has 0 spiro atoms. The summed E-state index contributed by atoms with van der Waals surface area (Å²) in [6.45, 7) is 6.41. The average Bonchev–Trinajstić information content (AvgIpc) is 2.74. The maximum atomic E-state index is 12.2. The van der Waals surface area contributed by atoms with Gasteiger partial charge in [0.1, 0.15) is 5.60 Å². The maximum Gasteiger partial charge on any atom is 0.309 e. The van der Waals surface area contributed by atoms with Gasteiger partial charge in [-0.2, -0.15) is 0 Å². The molecule has 0 N–H and O–H groups in total. The first-order valence-corrected chi connectivity index (χ1v) is 7.14. The Morgan fingerprint density at radius 1 is 1.28 bits per heavy atom. The van der Waals surface area contributed by atoms with Gasteiger partial charge >= 0.3 is 5.97 Å². The van der Waals surface area contributed by atoms with Crippen molar-refractivity contribution in [2.45, 2.75) is 64.9 Å². The van der Waals surface area contributed by atoms with Gasteiger partial charge in [-0.05, 0) is 39.5 Å². The second kappa shape index (κ2) is 7.13. The van der Waals surface area contributed by atoms with E-state index in [0.717, 1.165) is 12.8 Å². The number of hydrogen-bond acceptors (Lipinski definition) is 3. The van der Waals surface area contributed by atoms with E-state index in [9.17, 15) is 4.79 Å². The minimum absolute atomic E-state index is 0.00674. The molecule has 1 saturated carbocycles. The third kappa shape index (κ3) is 5.85. The number of methoxy groups -OCH3 is 1. The van der Waals surface area contributed by atoms with Crippen LogP contribution in [0, 0.1) is 11.8 Å². The molecule has 0 saturated heterocycles. The van der Waals surface area contributed by atoms with Crippen molar-refractivity contribution in [3.05, 3.63) is 0 Å². The van der Waals surface area contributed by atoms with Gasteiger partial charge < -0.3 is 9.47 Å². The molecule has 3 nitrogen and oxygen atoms in total. The molecule has 1 fully saturated rings. The SMILES string of the molecule is COCCC(CC1CCCC1)C(=O)OC(C)(C)C. The largest absolute Gasteiger partial charge is 0.460 e. The quantitative estimate of drug-likeness (QED) is 0.682. The standard InChI is InChI=1S/C15H28O3/c1-15(2,3)18-14(16)13(9-10-17-4)11-12-7-5-6-8-12/h12-13H,5-11H2,1-4H3. The maximum absolute atomic E-state index is 12.2. The first-order valence-electron chi connectivity index (χ1n) is 7.14. The van der Waals surface area contributed by atoms with E-state index in [0.29, 0.717) is 12.5 Å². The molecule has 1 atom stereocenters. The number of esters is 1. The van der Waals surface area contributed by atoms with Gasteiger partial charge in [-0.1, -0.05) is 25.7 Å². The number of rotatable bonds is 6. The lowest BCUT2D eigenvalue weighted by Gasteiger charge is -2.25. The van der Waals surface area contributed by atoms with Crippen molar-refractivity contribution in [2.75, 3.05) is 13.7 Å². The Labute approximate surface area is 111 Å². The third-order valence-corrected chi connectivity index (χ3v) is 3.50. The number of carbonyl (C=O) groups excluding carboxylic acids is 1. The monoisotopic (exact) mass is 256 g/mol. The van der Waals surface area contributed by atoms with E-state index in [1.165, 1.54) is 25.7 Å². The third-order valence-electron chi connectivity index (χ3n) is 3.50. The first-order chi connectivity index (χ1) is 8.42. The average molecular weight is 256 g/mol. The summed E-state index contributed by atoms with van der Waals surface area (Å²) in [7, 11) is 1.68. The van der Waals surface area contributed by atoms with Crippen molar-refractivity contribution in [1.82, 2.24) is 0 Å². The van der Waals surface area contributed by atoms with E-state index in [2.05, 4.69) is 0 Å². The molecule has 1 aliphatic carbocycles. The van der Waals surface area contributed by atoms with Crippen LogP contribution in [0.1, 0.15) is 59.3 Å². The van der Waals surface area contributed by atoms with E-state index >= 15 is 0 Å². The van der Waals surface area contributed by atoms with Gasteiger partial charge in [-0.3, -0.25) is 4.79 Å². The summed E-state index contributed by atoms with van der Waals surface area (Å²) in [5.74, 6) is 0.665. The lowest BCUT2D eigenvalue weighted by molar-refractivity contribution is -0.161. The highest BCUT2D eigenvalue weighted by Gasteiger charge is 2.28. The highest BCUT2D eigenvalue weighted by molar-refractivity contribution is 5.72. The van der Waals surface area contributed by atoms with Crippen molar-refractivity contribution in [2.24, 2.45) is 11.8 Å². The van der Waals surface area contributed by atoms with E-state index in [1.807, 2.05) is 20.8 Å². The van der Waals surface area contributed by atoms with Crippen LogP contribution < -0.4 is 0 Å². The van der Waals surface area contributed by atoms with Crippen LogP contribution >= 0.6 is 0 Å². The zero-order valence-electron chi connectivity index (χ0n) is 12.3. The Hall–Kier alpha value is -0.570. The zero-order valence-corrected chi connectivity index (χ0v) is 12.3. The normalized spacial score (nSPS) is 18.9. The molecule has 106 valence electrons.